The average molecular weight is 370 g/mol. The molecule has 2 heterocycles. The molecule has 0 N–H and O–H groups in total. The van der Waals surface area contributed by atoms with Crippen LogP contribution in [-0.4, -0.2) is 25.5 Å². The summed E-state index contributed by atoms with van der Waals surface area (Å²) in [7, 11) is 0. The zero-order valence-corrected chi connectivity index (χ0v) is 15.5. The van der Waals surface area contributed by atoms with Gasteiger partial charge in [-0.05, 0) is 44.2 Å². The van der Waals surface area contributed by atoms with Crippen LogP contribution in [0.15, 0.2) is 73.1 Å². The average Bonchev–Trinajstić information content (AvgIpc) is 3.11. The molecule has 0 fully saturated rings. The van der Waals surface area contributed by atoms with E-state index in [2.05, 4.69) is 15.1 Å². The summed E-state index contributed by atoms with van der Waals surface area (Å²) in [6.07, 6.45) is 1.44. The summed E-state index contributed by atoms with van der Waals surface area (Å²) in [5, 5.41) is 4.57. The van der Waals surface area contributed by atoms with Gasteiger partial charge in [0.05, 0.1) is 11.4 Å². The van der Waals surface area contributed by atoms with Gasteiger partial charge in [-0.3, -0.25) is 4.79 Å². The van der Waals surface area contributed by atoms with Crippen molar-refractivity contribution in [3.8, 4) is 28.7 Å². The van der Waals surface area contributed by atoms with Gasteiger partial charge in [-0.2, -0.15) is 5.10 Å². The Morgan fingerprint density at radius 2 is 1.71 bits per heavy atom. The Hall–Kier alpha value is -3.80. The molecule has 28 heavy (non-hydrogen) atoms. The number of ketones is 1. The highest BCUT2D eigenvalue weighted by molar-refractivity contribution is 5.94. The molecule has 0 saturated carbocycles. The fourth-order valence-corrected chi connectivity index (χ4v) is 2.87. The number of carbonyl (C=O) groups is 1. The maximum Gasteiger partial charge on any atom is 0.224 e. The summed E-state index contributed by atoms with van der Waals surface area (Å²) in [6, 6.07) is 20.7. The van der Waals surface area contributed by atoms with E-state index in [1.165, 1.54) is 13.3 Å². The Morgan fingerprint density at radius 1 is 0.964 bits per heavy atom. The van der Waals surface area contributed by atoms with Gasteiger partial charge in [-0.1, -0.05) is 30.3 Å². The van der Waals surface area contributed by atoms with E-state index in [0.29, 0.717) is 23.0 Å². The van der Waals surface area contributed by atoms with Crippen molar-refractivity contribution in [3.05, 3.63) is 84.3 Å². The SMILES string of the molecule is CC(=O)c1ccc(Oc2cc(-n3nc(C)cc3-c3ccccc3)ncn2)cc1. The highest BCUT2D eigenvalue weighted by Crippen LogP contribution is 2.25. The standard InChI is InChI=1S/C22H18N4O2/c1-15-12-20(18-6-4-3-5-7-18)26(25-15)21-13-22(24-14-23-21)28-19-10-8-17(9-11-19)16(2)27/h3-14H,1-2H3. The number of nitrogens with zero attached hydrogens (tertiary/aromatic N) is 4. The molecule has 0 aliphatic heterocycles. The third-order valence-electron chi connectivity index (χ3n) is 4.23. The summed E-state index contributed by atoms with van der Waals surface area (Å²) in [5.74, 6) is 1.61. The predicted molar refractivity (Wildman–Crippen MR) is 106 cm³/mol. The fraction of sp³-hybridized carbons (Fsp3) is 0.0909. The Labute approximate surface area is 162 Å². The summed E-state index contributed by atoms with van der Waals surface area (Å²) in [5.41, 5.74) is 3.51. The molecule has 6 nitrogen and oxygen atoms in total. The van der Waals surface area contributed by atoms with E-state index in [0.717, 1.165) is 17.0 Å². The second kappa shape index (κ2) is 7.44. The van der Waals surface area contributed by atoms with Crippen molar-refractivity contribution in [1.82, 2.24) is 19.7 Å². The van der Waals surface area contributed by atoms with Crippen molar-refractivity contribution in [1.29, 1.82) is 0 Å². The van der Waals surface area contributed by atoms with Crippen LogP contribution >= 0.6 is 0 Å². The van der Waals surface area contributed by atoms with E-state index < -0.39 is 0 Å². The lowest BCUT2D eigenvalue weighted by atomic mass is 10.1. The Kier molecular flexibility index (Phi) is 4.68. The largest absolute Gasteiger partial charge is 0.439 e. The van der Waals surface area contributed by atoms with Crippen LogP contribution in [0, 0.1) is 6.92 Å². The second-order valence-electron chi connectivity index (χ2n) is 6.35. The molecule has 0 saturated heterocycles. The molecule has 0 bridgehead atoms. The van der Waals surface area contributed by atoms with Gasteiger partial charge >= 0.3 is 0 Å². The van der Waals surface area contributed by atoms with Crippen molar-refractivity contribution in [2.45, 2.75) is 13.8 Å². The minimum Gasteiger partial charge on any atom is -0.439 e. The molecule has 0 radical (unpaired) electrons. The molecular weight excluding hydrogens is 352 g/mol. The predicted octanol–water partition coefficient (Wildman–Crippen LogP) is 4.63. The maximum absolute atomic E-state index is 11.4. The molecule has 0 amide bonds. The number of hydrogen-bond donors (Lipinski definition) is 0. The van der Waals surface area contributed by atoms with E-state index in [9.17, 15) is 4.79 Å². The molecule has 0 atom stereocenters. The summed E-state index contributed by atoms with van der Waals surface area (Å²) in [4.78, 5) is 19.9. The smallest absolute Gasteiger partial charge is 0.224 e. The van der Waals surface area contributed by atoms with Crippen LogP contribution in [-0.2, 0) is 0 Å². The molecule has 6 heteroatoms. The molecule has 0 aliphatic carbocycles. The van der Waals surface area contributed by atoms with Crippen LogP contribution in [0.4, 0.5) is 0 Å². The van der Waals surface area contributed by atoms with Gasteiger partial charge in [-0.25, -0.2) is 14.6 Å². The van der Waals surface area contributed by atoms with Gasteiger partial charge in [0, 0.05) is 17.2 Å². The van der Waals surface area contributed by atoms with Crippen LogP contribution < -0.4 is 4.74 Å². The highest BCUT2D eigenvalue weighted by Gasteiger charge is 2.12. The fourth-order valence-electron chi connectivity index (χ4n) is 2.87. The molecule has 0 aliphatic rings. The normalized spacial score (nSPS) is 10.6. The van der Waals surface area contributed by atoms with Crippen LogP contribution in [0.2, 0.25) is 0 Å². The molecular formula is C22H18N4O2. The van der Waals surface area contributed by atoms with Gasteiger partial charge in [0.25, 0.3) is 0 Å². The Bertz CT molecular complexity index is 1120. The van der Waals surface area contributed by atoms with E-state index in [-0.39, 0.29) is 5.78 Å². The highest BCUT2D eigenvalue weighted by atomic mass is 16.5. The lowest BCUT2D eigenvalue weighted by molar-refractivity contribution is 0.101. The van der Waals surface area contributed by atoms with E-state index in [4.69, 9.17) is 4.74 Å². The van der Waals surface area contributed by atoms with Gasteiger partial charge in [0.2, 0.25) is 5.88 Å². The first kappa shape index (κ1) is 17.6. The van der Waals surface area contributed by atoms with Gasteiger partial charge in [0.1, 0.15) is 12.1 Å². The monoisotopic (exact) mass is 370 g/mol. The van der Waals surface area contributed by atoms with Crippen molar-refractivity contribution in [2.24, 2.45) is 0 Å². The topological polar surface area (TPSA) is 69.9 Å². The van der Waals surface area contributed by atoms with E-state index in [1.807, 2.05) is 43.3 Å². The Balaban J connectivity index is 1.66. The van der Waals surface area contributed by atoms with E-state index in [1.54, 1.807) is 35.0 Å². The van der Waals surface area contributed by atoms with Crippen molar-refractivity contribution >= 4 is 5.78 Å². The quantitative estimate of drug-likeness (QED) is 0.479. The number of Topliss-reactive ketones (excluding diaryl/α,β-unsaturated/α-hetero) is 1. The summed E-state index contributed by atoms with van der Waals surface area (Å²) in [6.45, 7) is 3.47. The number of rotatable bonds is 5. The zero-order valence-electron chi connectivity index (χ0n) is 15.5. The molecule has 4 aromatic rings. The molecule has 0 spiro atoms. The molecule has 4 rings (SSSR count). The number of hydrogen-bond acceptors (Lipinski definition) is 5. The first-order valence-corrected chi connectivity index (χ1v) is 8.83. The Morgan fingerprint density at radius 3 is 2.43 bits per heavy atom. The van der Waals surface area contributed by atoms with Crippen LogP contribution in [0.1, 0.15) is 23.0 Å². The van der Waals surface area contributed by atoms with Gasteiger partial charge in [-0.15, -0.1) is 0 Å². The van der Waals surface area contributed by atoms with E-state index >= 15 is 0 Å². The van der Waals surface area contributed by atoms with Crippen molar-refractivity contribution in [3.63, 3.8) is 0 Å². The number of benzene rings is 2. The second-order valence-corrected chi connectivity index (χ2v) is 6.35. The molecule has 0 unspecified atom stereocenters. The first-order valence-electron chi connectivity index (χ1n) is 8.83. The number of carbonyl (C=O) groups excluding carboxylic acids is 1. The minimum atomic E-state index is 0.0124. The zero-order chi connectivity index (χ0) is 19.5. The first-order chi connectivity index (χ1) is 13.6. The third kappa shape index (κ3) is 3.66. The molecule has 2 aromatic heterocycles. The third-order valence-corrected chi connectivity index (χ3v) is 4.23. The van der Waals surface area contributed by atoms with Crippen LogP contribution in [0.3, 0.4) is 0 Å². The van der Waals surface area contributed by atoms with Crippen LogP contribution in [0.5, 0.6) is 11.6 Å². The van der Waals surface area contributed by atoms with Crippen LogP contribution in [0.25, 0.3) is 17.1 Å². The number of aryl methyl sites for hydroxylation is 1. The number of aromatic nitrogens is 4. The van der Waals surface area contributed by atoms with Crippen molar-refractivity contribution < 1.29 is 9.53 Å². The lowest BCUT2D eigenvalue weighted by Gasteiger charge is -2.09. The lowest BCUT2D eigenvalue weighted by Crippen LogP contribution is -2.03. The van der Waals surface area contributed by atoms with Crippen molar-refractivity contribution in [2.75, 3.05) is 0 Å². The summed E-state index contributed by atoms with van der Waals surface area (Å²) >= 11 is 0. The van der Waals surface area contributed by atoms with Gasteiger partial charge in [0.15, 0.2) is 11.6 Å². The number of ether oxygens (including phenoxy) is 1. The van der Waals surface area contributed by atoms with Gasteiger partial charge < -0.3 is 4.74 Å². The summed E-state index contributed by atoms with van der Waals surface area (Å²) < 4.78 is 7.60. The molecule has 138 valence electrons. The minimum absolute atomic E-state index is 0.0124. The molecule has 2 aromatic carbocycles. The maximum atomic E-state index is 11.4.